The molecule has 0 bridgehead atoms. The van der Waals surface area contributed by atoms with E-state index in [4.69, 9.17) is 9.52 Å². The van der Waals surface area contributed by atoms with Gasteiger partial charge in [-0.25, -0.2) is 4.98 Å². The first-order chi connectivity index (χ1) is 7.20. The number of oxazole rings is 1. The Balaban J connectivity index is 2.48. The molecule has 0 aliphatic carbocycles. The number of aryl methyl sites for hydroxylation is 1. The summed E-state index contributed by atoms with van der Waals surface area (Å²) in [6, 6.07) is 6.55. The zero-order valence-electron chi connectivity index (χ0n) is 8.10. The SMILES string of the molecule is Cc1oc(C=O)nc1-c1ccc(O)cc1. The van der Waals surface area contributed by atoms with Crippen LogP contribution >= 0.6 is 0 Å². The van der Waals surface area contributed by atoms with Crippen molar-refractivity contribution in [1.29, 1.82) is 0 Å². The average molecular weight is 203 g/mol. The maximum atomic E-state index is 10.5. The van der Waals surface area contributed by atoms with Crippen molar-refractivity contribution < 1.29 is 14.3 Å². The van der Waals surface area contributed by atoms with Crippen LogP contribution in [0.3, 0.4) is 0 Å². The number of carbonyl (C=O) groups excluding carboxylic acids is 1. The molecule has 4 nitrogen and oxygen atoms in total. The normalized spacial score (nSPS) is 10.2. The molecule has 0 unspecified atom stereocenters. The summed E-state index contributed by atoms with van der Waals surface area (Å²) in [5.41, 5.74) is 1.43. The van der Waals surface area contributed by atoms with Crippen molar-refractivity contribution in [3.05, 3.63) is 35.9 Å². The predicted octanol–water partition coefficient (Wildman–Crippen LogP) is 2.17. The number of aromatic hydroxyl groups is 1. The Morgan fingerprint density at radius 2 is 2.00 bits per heavy atom. The molecule has 0 fully saturated rings. The van der Waals surface area contributed by atoms with Crippen LogP contribution in [0.15, 0.2) is 28.7 Å². The van der Waals surface area contributed by atoms with Gasteiger partial charge in [-0.1, -0.05) is 0 Å². The molecular formula is C11H9NO3. The van der Waals surface area contributed by atoms with Crippen molar-refractivity contribution >= 4 is 6.29 Å². The third-order valence-electron chi connectivity index (χ3n) is 2.05. The van der Waals surface area contributed by atoms with E-state index >= 15 is 0 Å². The van der Waals surface area contributed by atoms with Gasteiger partial charge in [0.15, 0.2) is 0 Å². The molecule has 0 saturated carbocycles. The van der Waals surface area contributed by atoms with Crippen LogP contribution < -0.4 is 0 Å². The molecule has 4 heteroatoms. The van der Waals surface area contributed by atoms with E-state index in [1.165, 1.54) is 0 Å². The van der Waals surface area contributed by atoms with Crippen molar-refractivity contribution in [2.45, 2.75) is 6.92 Å². The Hall–Kier alpha value is -2.10. The number of benzene rings is 1. The third-order valence-corrected chi connectivity index (χ3v) is 2.05. The fraction of sp³-hybridized carbons (Fsp3) is 0.0909. The van der Waals surface area contributed by atoms with Gasteiger partial charge >= 0.3 is 0 Å². The third kappa shape index (κ3) is 1.74. The summed E-state index contributed by atoms with van der Waals surface area (Å²) in [7, 11) is 0. The zero-order chi connectivity index (χ0) is 10.8. The van der Waals surface area contributed by atoms with Crippen LogP contribution in [0.5, 0.6) is 5.75 Å². The van der Waals surface area contributed by atoms with Crippen LogP contribution in [0.4, 0.5) is 0 Å². The minimum atomic E-state index is 0.0653. The lowest BCUT2D eigenvalue weighted by atomic mass is 10.1. The van der Waals surface area contributed by atoms with Gasteiger partial charge < -0.3 is 9.52 Å². The number of aldehydes is 1. The number of rotatable bonds is 2. The summed E-state index contributed by atoms with van der Waals surface area (Å²) >= 11 is 0. The van der Waals surface area contributed by atoms with Gasteiger partial charge in [0.1, 0.15) is 17.2 Å². The van der Waals surface area contributed by atoms with Crippen LogP contribution in [-0.4, -0.2) is 16.4 Å². The number of hydrogen-bond donors (Lipinski definition) is 1. The number of carbonyl (C=O) groups is 1. The molecule has 2 rings (SSSR count). The van der Waals surface area contributed by atoms with Crippen molar-refractivity contribution in [3.63, 3.8) is 0 Å². The number of aromatic nitrogens is 1. The number of phenols is 1. The molecule has 0 atom stereocenters. The molecule has 1 N–H and O–H groups in total. The maximum absolute atomic E-state index is 10.5. The summed E-state index contributed by atoms with van der Waals surface area (Å²) in [5, 5.41) is 9.12. The molecule has 15 heavy (non-hydrogen) atoms. The van der Waals surface area contributed by atoms with Crippen LogP contribution in [0.25, 0.3) is 11.3 Å². The van der Waals surface area contributed by atoms with Crippen LogP contribution in [0, 0.1) is 6.92 Å². The predicted molar refractivity (Wildman–Crippen MR) is 53.7 cm³/mol. The molecule has 0 radical (unpaired) electrons. The summed E-state index contributed by atoms with van der Waals surface area (Å²) in [6.45, 7) is 1.74. The minimum Gasteiger partial charge on any atom is -0.508 e. The van der Waals surface area contributed by atoms with Crippen LogP contribution in [0.2, 0.25) is 0 Å². The molecule has 1 aromatic carbocycles. The van der Waals surface area contributed by atoms with Crippen molar-refractivity contribution in [1.82, 2.24) is 4.98 Å². The van der Waals surface area contributed by atoms with E-state index < -0.39 is 0 Å². The maximum Gasteiger partial charge on any atom is 0.260 e. The average Bonchev–Trinajstić information content (AvgIpc) is 2.61. The molecule has 0 amide bonds. The quantitative estimate of drug-likeness (QED) is 0.759. The molecule has 0 spiro atoms. The lowest BCUT2D eigenvalue weighted by Crippen LogP contribution is -1.81. The lowest BCUT2D eigenvalue weighted by Gasteiger charge is -1.96. The monoisotopic (exact) mass is 203 g/mol. The van der Waals surface area contributed by atoms with E-state index in [9.17, 15) is 4.79 Å². The van der Waals surface area contributed by atoms with E-state index in [0.717, 1.165) is 5.56 Å². The summed E-state index contributed by atoms with van der Waals surface area (Å²) in [4.78, 5) is 14.5. The second-order valence-corrected chi connectivity index (χ2v) is 3.12. The number of nitrogens with zero attached hydrogens (tertiary/aromatic N) is 1. The highest BCUT2D eigenvalue weighted by Crippen LogP contribution is 2.24. The number of phenolic OH excluding ortho intramolecular Hbond substituents is 1. The standard InChI is InChI=1S/C11H9NO3/c1-7-11(12-10(6-13)15-7)8-2-4-9(14)5-3-8/h2-6,14H,1H3. The first kappa shape index (κ1) is 9.45. The molecule has 76 valence electrons. The van der Waals surface area contributed by atoms with Gasteiger partial charge in [0, 0.05) is 5.56 Å². The van der Waals surface area contributed by atoms with Gasteiger partial charge in [0.05, 0.1) is 0 Å². The lowest BCUT2D eigenvalue weighted by molar-refractivity contribution is 0.109. The van der Waals surface area contributed by atoms with Crippen LogP contribution in [-0.2, 0) is 0 Å². The Kier molecular flexibility index (Phi) is 2.25. The van der Waals surface area contributed by atoms with E-state index in [2.05, 4.69) is 4.98 Å². The smallest absolute Gasteiger partial charge is 0.260 e. The van der Waals surface area contributed by atoms with Gasteiger partial charge in [-0.2, -0.15) is 0 Å². The Labute approximate surface area is 86.2 Å². The molecule has 1 aromatic heterocycles. The van der Waals surface area contributed by atoms with Crippen LogP contribution in [0.1, 0.15) is 16.4 Å². The Morgan fingerprint density at radius 3 is 2.53 bits per heavy atom. The second-order valence-electron chi connectivity index (χ2n) is 3.12. The molecule has 2 aromatic rings. The van der Waals surface area contributed by atoms with Crippen molar-refractivity contribution in [3.8, 4) is 17.0 Å². The fourth-order valence-electron chi connectivity index (χ4n) is 1.35. The topological polar surface area (TPSA) is 63.3 Å². The second kappa shape index (κ2) is 3.57. The van der Waals surface area contributed by atoms with Crippen molar-refractivity contribution in [2.75, 3.05) is 0 Å². The Morgan fingerprint density at radius 1 is 1.33 bits per heavy atom. The highest BCUT2D eigenvalue weighted by Gasteiger charge is 2.10. The van der Waals surface area contributed by atoms with Gasteiger partial charge in [0.2, 0.25) is 6.29 Å². The molecule has 0 saturated heterocycles. The minimum absolute atomic E-state index is 0.0653. The summed E-state index contributed by atoms with van der Waals surface area (Å²) in [5.74, 6) is 0.842. The summed E-state index contributed by atoms with van der Waals surface area (Å²) in [6.07, 6.45) is 0.566. The largest absolute Gasteiger partial charge is 0.508 e. The molecular weight excluding hydrogens is 194 g/mol. The van der Waals surface area contributed by atoms with Gasteiger partial charge in [-0.3, -0.25) is 4.79 Å². The van der Waals surface area contributed by atoms with E-state index in [0.29, 0.717) is 17.7 Å². The van der Waals surface area contributed by atoms with Gasteiger partial charge in [-0.05, 0) is 31.2 Å². The van der Waals surface area contributed by atoms with E-state index in [1.54, 1.807) is 31.2 Å². The van der Waals surface area contributed by atoms with E-state index in [1.807, 2.05) is 0 Å². The Bertz CT molecular complexity index is 485. The summed E-state index contributed by atoms with van der Waals surface area (Å²) < 4.78 is 5.11. The highest BCUT2D eigenvalue weighted by molar-refractivity contribution is 5.71. The van der Waals surface area contributed by atoms with Gasteiger partial charge in [-0.15, -0.1) is 0 Å². The zero-order valence-corrected chi connectivity index (χ0v) is 8.10. The molecule has 1 heterocycles. The number of hydrogen-bond acceptors (Lipinski definition) is 4. The molecule has 0 aliphatic rings. The first-order valence-electron chi connectivity index (χ1n) is 4.42. The van der Waals surface area contributed by atoms with Gasteiger partial charge in [0.25, 0.3) is 5.89 Å². The molecule has 0 aliphatic heterocycles. The first-order valence-corrected chi connectivity index (χ1v) is 4.42. The van der Waals surface area contributed by atoms with E-state index in [-0.39, 0.29) is 11.6 Å². The highest BCUT2D eigenvalue weighted by atomic mass is 16.4. The van der Waals surface area contributed by atoms with Crippen molar-refractivity contribution in [2.24, 2.45) is 0 Å². The fourth-order valence-corrected chi connectivity index (χ4v) is 1.35.